The standard InChI is InChI=1S/C36H52ClN9O8/c1-19(30(49)42-25(8-6-7-17-38)32(51)45-29(40)28(48)35(54)46-36(3,4)5)41-34(53)27(20(2)47)44-33(52)26(18-39)43-31(50)23-11-9-21(10-12-23)22-13-15-24(37)16-14-22/h9-16,19-20,25-27,29,47H,6-8,17-18,38-40H2,1-5H3,(H,41,53)(H,42,49)(H,43,50)(H,44,52)(H,45,51)(H,46,54). The molecular weight excluding hydrogens is 722 g/mol. The van der Waals surface area contributed by atoms with Gasteiger partial charge in [0.2, 0.25) is 23.6 Å². The Morgan fingerprint density at radius 1 is 0.722 bits per heavy atom. The molecule has 0 saturated carbocycles. The lowest BCUT2D eigenvalue weighted by atomic mass is 10.0. The van der Waals surface area contributed by atoms with E-state index in [0.717, 1.165) is 11.1 Å². The number of carbonyl (C=O) groups is 7. The van der Waals surface area contributed by atoms with Crippen molar-refractivity contribution in [2.24, 2.45) is 17.2 Å². The number of nitrogens with two attached hydrogens (primary N) is 3. The summed E-state index contributed by atoms with van der Waals surface area (Å²) < 4.78 is 0. The van der Waals surface area contributed by atoms with Gasteiger partial charge in [-0.25, -0.2) is 0 Å². The monoisotopic (exact) mass is 773 g/mol. The number of rotatable bonds is 19. The number of Topliss-reactive ketones (excluding diaryl/α,β-unsaturated/α-hetero) is 1. The summed E-state index contributed by atoms with van der Waals surface area (Å²) in [6.07, 6.45) is -2.18. The lowest BCUT2D eigenvalue weighted by Crippen LogP contribution is -2.61. The number of amides is 6. The lowest BCUT2D eigenvalue weighted by molar-refractivity contribution is -0.141. The number of aliphatic hydroxyl groups excluding tert-OH is 1. The second-order valence-electron chi connectivity index (χ2n) is 13.7. The second kappa shape index (κ2) is 21.1. The third-order valence-corrected chi connectivity index (χ3v) is 8.12. The van der Waals surface area contributed by atoms with Crippen LogP contribution in [0.4, 0.5) is 0 Å². The van der Waals surface area contributed by atoms with Crippen LogP contribution in [0.25, 0.3) is 11.1 Å². The largest absolute Gasteiger partial charge is 0.391 e. The molecule has 0 aliphatic heterocycles. The summed E-state index contributed by atoms with van der Waals surface area (Å²) in [4.78, 5) is 90.2. The minimum atomic E-state index is -1.70. The first-order valence-electron chi connectivity index (χ1n) is 17.4. The molecule has 6 unspecified atom stereocenters. The maximum Gasteiger partial charge on any atom is 0.291 e. The van der Waals surface area contributed by atoms with Crippen LogP contribution in [0.15, 0.2) is 48.5 Å². The maximum atomic E-state index is 13.2. The van der Waals surface area contributed by atoms with Crippen LogP contribution in [-0.4, -0.2) is 101 Å². The van der Waals surface area contributed by atoms with Crippen LogP contribution in [-0.2, 0) is 28.8 Å². The van der Waals surface area contributed by atoms with E-state index in [2.05, 4.69) is 31.9 Å². The average Bonchev–Trinajstić information content (AvgIpc) is 3.11. The Morgan fingerprint density at radius 2 is 1.28 bits per heavy atom. The molecule has 6 amide bonds. The molecule has 2 aromatic rings. The van der Waals surface area contributed by atoms with E-state index < -0.39 is 83.2 Å². The molecule has 0 aliphatic carbocycles. The van der Waals surface area contributed by atoms with Gasteiger partial charge in [0.1, 0.15) is 30.3 Å². The van der Waals surface area contributed by atoms with Gasteiger partial charge in [-0.3, -0.25) is 33.6 Å². The molecule has 54 heavy (non-hydrogen) atoms. The number of aliphatic hydroxyl groups is 1. The van der Waals surface area contributed by atoms with E-state index in [9.17, 15) is 38.7 Å². The summed E-state index contributed by atoms with van der Waals surface area (Å²) in [5.74, 6) is -6.23. The summed E-state index contributed by atoms with van der Waals surface area (Å²) in [6, 6.07) is 8.31. The summed E-state index contributed by atoms with van der Waals surface area (Å²) in [6.45, 7) is 7.46. The molecule has 2 rings (SSSR count). The van der Waals surface area contributed by atoms with E-state index in [-0.39, 0.29) is 18.5 Å². The zero-order valence-corrected chi connectivity index (χ0v) is 31.8. The van der Waals surface area contributed by atoms with Crippen LogP contribution < -0.4 is 49.1 Å². The van der Waals surface area contributed by atoms with Crippen LogP contribution >= 0.6 is 11.6 Å². The summed E-state index contributed by atoms with van der Waals surface area (Å²) in [5.41, 5.74) is 18.3. The van der Waals surface area contributed by atoms with Crippen LogP contribution in [0.5, 0.6) is 0 Å². The highest BCUT2D eigenvalue weighted by Crippen LogP contribution is 2.22. The van der Waals surface area contributed by atoms with Crippen LogP contribution in [0.1, 0.15) is 64.2 Å². The van der Waals surface area contributed by atoms with Crippen molar-refractivity contribution in [1.82, 2.24) is 31.9 Å². The molecule has 0 bridgehead atoms. The molecule has 296 valence electrons. The number of hydrogen-bond acceptors (Lipinski definition) is 11. The van der Waals surface area contributed by atoms with Crippen molar-refractivity contribution in [3.63, 3.8) is 0 Å². The van der Waals surface area contributed by atoms with Crippen LogP contribution in [0.2, 0.25) is 5.02 Å². The van der Waals surface area contributed by atoms with Crippen molar-refractivity contribution >= 4 is 52.8 Å². The van der Waals surface area contributed by atoms with Gasteiger partial charge in [0.05, 0.1) is 6.10 Å². The van der Waals surface area contributed by atoms with Gasteiger partial charge in [0, 0.05) is 22.7 Å². The smallest absolute Gasteiger partial charge is 0.291 e. The van der Waals surface area contributed by atoms with Crippen molar-refractivity contribution < 1.29 is 38.7 Å². The Morgan fingerprint density at radius 3 is 1.80 bits per heavy atom. The second-order valence-corrected chi connectivity index (χ2v) is 14.1. The topological polar surface area (TPSA) is 290 Å². The van der Waals surface area contributed by atoms with E-state index in [1.165, 1.54) is 13.8 Å². The quantitative estimate of drug-likeness (QED) is 0.0466. The normalized spacial score (nSPS) is 14.6. The number of nitrogens with one attached hydrogen (secondary N) is 6. The van der Waals surface area contributed by atoms with E-state index in [4.69, 9.17) is 28.8 Å². The molecule has 0 fully saturated rings. The minimum Gasteiger partial charge on any atom is -0.391 e. The molecule has 0 heterocycles. The number of unbranched alkanes of at least 4 members (excludes halogenated alkanes) is 1. The summed E-state index contributed by atoms with van der Waals surface area (Å²) in [5, 5.41) is 25.4. The Kier molecular flexibility index (Phi) is 17.7. The fraction of sp³-hybridized carbons (Fsp3) is 0.472. The predicted octanol–water partition coefficient (Wildman–Crippen LogP) is -1.07. The molecule has 0 spiro atoms. The first-order chi connectivity index (χ1) is 25.3. The average molecular weight is 774 g/mol. The van der Waals surface area contributed by atoms with E-state index in [0.29, 0.717) is 24.4 Å². The van der Waals surface area contributed by atoms with E-state index in [1.807, 2.05) is 12.1 Å². The molecule has 0 aromatic heterocycles. The first kappa shape index (κ1) is 45.2. The van der Waals surface area contributed by atoms with Gasteiger partial charge >= 0.3 is 0 Å². The first-order valence-corrected chi connectivity index (χ1v) is 17.7. The van der Waals surface area contributed by atoms with Crippen LogP contribution in [0.3, 0.4) is 0 Å². The van der Waals surface area contributed by atoms with Crippen LogP contribution in [0, 0.1) is 0 Å². The van der Waals surface area contributed by atoms with Crippen molar-refractivity contribution in [2.75, 3.05) is 13.1 Å². The van der Waals surface area contributed by atoms with Crippen molar-refractivity contribution in [1.29, 1.82) is 0 Å². The molecule has 18 heteroatoms. The molecular formula is C36H52ClN9O8. The van der Waals surface area contributed by atoms with Gasteiger partial charge in [0.15, 0.2) is 0 Å². The third kappa shape index (κ3) is 14.5. The number of benzene rings is 2. The van der Waals surface area contributed by atoms with Crippen molar-refractivity contribution in [3.8, 4) is 11.1 Å². The highest BCUT2D eigenvalue weighted by molar-refractivity contribution is 6.38. The Balaban J connectivity index is 2.05. The zero-order chi connectivity index (χ0) is 40.7. The fourth-order valence-electron chi connectivity index (χ4n) is 4.88. The maximum absolute atomic E-state index is 13.2. The van der Waals surface area contributed by atoms with Gasteiger partial charge in [-0.15, -0.1) is 0 Å². The Bertz CT molecular complexity index is 1630. The highest BCUT2D eigenvalue weighted by Gasteiger charge is 2.33. The zero-order valence-electron chi connectivity index (χ0n) is 31.0. The molecule has 0 saturated heterocycles. The fourth-order valence-corrected chi connectivity index (χ4v) is 5.00. The molecule has 6 atom stereocenters. The third-order valence-electron chi connectivity index (χ3n) is 7.87. The van der Waals surface area contributed by atoms with Gasteiger partial charge in [-0.1, -0.05) is 35.9 Å². The molecule has 0 radical (unpaired) electrons. The number of ketones is 1. The van der Waals surface area contributed by atoms with E-state index >= 15 is 0 Å². The van der Waals surface area contributed by atoms with Gasteiger partial charge in [-0.2, -0.15) is 0 Å². The van der Waals surface area contributed by atoms with Crippen molar-refractivity contribution in [3.05, 3.63) is 59.1 Å². The highest BCUT2D eigenvalue weighted by atomic mass is 35.5. The Hall–Kier alpha value is -4.94. The molecule has 0 aliphatic rings. The van der Waals surface area contributed by atoms with Crippen molar-refractivity contribution in [2.45, 2.75) is 95.9 Å². The van der Waals surface area contributed by atoms with Gasteiger partial charge in [0.25, 0.3) is 17.6 Å². The number of hydrogen-bond donors (Lipinski definition) is 10. The Labute approximate surface area is 319 Å². The molecule has 2 aromatic carbocycles. The summed E-state index contributed by atoms with van der Waals surface area (Å²) >= 11 is 5.95. The van der Waals surface area contributed by atoms with E-state index in [1.54, 1.807) is 57.2 Å². The molecule has 13 N–H and O–H groups in total. The summed E-state index contributed by atoms with van der Waals surface area (Å²) in [7, 11) is 0. The van der Waals surface area contributed by atoms with Gasteiger partial charge < -0.3 is 54.2 Å². The predicted molar refractivity (Wildman–Crippen MR) is 202 cm³/mol. The van der Waals surface area contributed by atoms with Gasteiger partial charge in [-0.05, 0) is 95.8 Å². The number of carbonyl (C=O) groups excluding carboxylic acids is 7. The minimum absolute atomic E-state index is 0.0790. The molecule has 17 nitrogen and oxygen atoms in total. The lowest BCUT2D eigenvalue weighted by Gasteiger charge is -2.26. The number of halogens is 1. The SMILES string of the molecule is CC(NC(=O)C(NC(=O)C(CN)NC(=O)c1ccc(-c2ccc(Cl)cc2)cc1)C(C)O)C(=O)NC(CCCCN)C(=O)NC(N)C(=O)C(=O)NC(C)(C)C.